The zero-order valence-electron chi connectivity index (χ0n) is 17.4. The lowest BCUT2D eigenvalue weighted by molar-refractivity contribution is -0.140. The quantitative estimate of drug-likeness (QED) is 0.752. The molecule has 0 radical (unpaired) electrons. The van der Waals surface area contributed by atoms with Gasteiger partial charge >= 0.3 is 0 Å². The molecule has 2 heterocycles. The van der Waals surface area contributed by atoms with Crippen LogP contribution in [0.1, 0.15) is 69.2 Å². The first kappa shape index (κ1) is 20.3. The number of hydrogen-bond donors (Lipinski definition) is 0. The lowest BCUT2D eigenvalue weighted by Crippen LogP contribution is -2.58. The van der Waals surface area contributed by atoms with E-state index in [1.807, 2.05) is 4.90 Å². The van der Waals surface area contributed by atoms with Crippen LogP contribution in [0.2, 0.25) is 0 Å². The van der Waals surface area contributed by atoms with Crippen LogP contribution in [-0.2, 0) is 9.53 Å². The first-order valence-corrected chi connectivity index (χ1v) is 10.9. The first-order chi connectivity index (χ1) is 13.9. The van der Waals surface area contributed by atoms with Crippen molar-refractivity contribution < 1.29 is 18.7 Å². The second-order valence-electron chi connectivity index (χ2n) is 9.01. The number of nitrogens with zero attached hydrogens (tertiary/aromatic N) is 2. The number of ether oxygens (including phenoxy) is 1. The minimum Gasteiger partial charge on any atom is -0.353 e. The fourth-order valence-electron chi connectivity index (χ4n) is 5.12. The van der Waals surface area contributed by atoms with Gasteiger partial charge < -0.3 is 9.64 Å². The van der Waals surface area contributed by atoms with Gasteiger partial charge in [0.1, 0.15) is 17.6 Å². The van der Waals surface area contributed by atoms with Crippen LogP contribution in [-0.4, -0.2) is 52.6 Å². The molecule has 0 aromatic heterocycles. The standard InChI is InChI=1S/C23H31FN2O3/c1-16-10-12-23(13-11-16)26(21(27)18-6-8-19(24)9-7-18)20(15-29-23)22(28)25-14-4-3-5-17(25)2/h6-9,16-17,20H,3-5,10-15H2,1-2H3. The van der Waals surface area contributed by atoms with Crippen LogP contribution in [0.4, 0.5) is 4.39 Å². The number of carbonyl (C=O) groups excluding carboxylic acids is 2. The average Bonchev–Trinajstić information content (AvgIpc) is 3.09. The van der Waals surface area contributed by atoms with Gasteiger partial charge in [0.2, 0.25) is 5.91 Å². The third-order valence-corrected chi connectivity index (χ3v) is 7.00. The van der Waals surface area contributed by atoms with Gasteiger partial charge in [0.25, 0.3) is 5.91 Å². The summed E-state index contributed by atoms with van der Waals surface area (Å²) >= 11 is 0. The molecule has 1 aromatic carbocycles. The predicted octanol–water partition coefficient (Wildman–Crippen LogP) is 3.97. The molecule has 2 atom stereocenters. The Hall–Kier alpha value is -1.95. The van der Waals surface area contributed by atoms with Crippen molar-refractivity contribution in [3.05, 3.63) is 35.6 Å². The predicted molar refractivity (Wildman–Crippen MR) is 108 cm³/mol. The number of halogens is 1. The maximum absolute atomic E-state index is 13.5. The molecule has 2 unspecified atom stereocenters. The van der Waals surface area contributed by atoms with Crippen LogP contribution in [0.3, 0.4) is 0 Å². The molecule has 2 aliphatic heterocycles. The van der Waals surface area contributed by atoms with Crippen molar-refractivity contribution in [1.82, 2.24) is 9.80 Å². The lowest BCUT2D eigenvalue weighted by Gasteiger charge is -2.44. The van der Waals surface area contributed by atoms with Gasteiger partial charge in [0, 0.05) is 18.2 Å². The summed E-state index contributed by atoms with van der Waals surface area (Å²) in [5, 5.41) is 0. The van der Waals surface area contributed by atoms with Gasteiger partial charge in [0.05, 0.1) is 6.61 Å². The van der Waals surface area contributed by atoms with Gasteiger partial charge in [-0.1, -0.05) is 6.92 Å². The molecule has 29 heavy (non-hydrogen) atoms. The highest BCUT2D eigenvalue weighted by Crippen LogP contribution is 2.43. The molecule has 2 amide bonds. The summed E-state index contributed by atoms with van der Waals surface area (Å²) in [5.74, 6) is -0.0396. The molecule has 0 bridgehead atoms. The Morgan fingerprint density at radius 1 is 1.07 bits per heavy atom. The topological polar surface area (TPSA) is 49.9 Å². The number of carbonyl (C=O) groups is 2. The highest BCUT2D eigenvalue weighted by molar-refractivity contribution is 5.98. The van der Waals surface area contributed by atoms with Gasteiger partial charge in [-0.25, -0.2) is 4.39 Å². The van der Waals surface area contributed by atoms with Gasteiger partial charge in [-0.3, -0.25) is 14.5 Å². The zero-order valence-corrected chi connectivity index (χ0v) is 17.4. The van der Waals surface area contributed by atoms with E-state index in [0.717, 1.165) is 51.5 Å². The molecule has 3 aliphatic rings. The van der Waals surface area contributed by atoms with Crippen molar-refractivity contribution in [1.29, 1.82) is 0 Å². The van der Waals surface area contributed by atoms with E-state index in [4.69, 9.17) is 4.74 Å². The van der Waals surface area contributed by atoms with E-state index in [1.54, 1.807) is 4.90 Å². The van der Waals surface area contributed by atoms with Crippen LogP contribution in [0, 0.1) is 11.7 Å². The van der Waals surface area contributed by atoms with Crippen LogP contribution in [0.25, 0.3) is 0 Å². The second-order valence-corrected chi connectivity index (χ2v) is 9.01. The Morgan fingerprint density at radius 3 is 2.41 bits per heavy atom. The Balaban J connectivity index is 1.65. The molecule has 3 fully saturated rings. The number of likely N-dealkylation sites (tertiary alicyclic amines) is 1. The fourth-order valence-corrected chi connectivity index (χ4v) is 5.12. The second kappa shape index (κ2) is 8.05. The van der Waals surface area contributed by atoms with Crippen molar-refractivity contribution in [2.45, 2.75) is 76.6 Å². The SMILES string of the molecule is CC1CCC2(CC1)OCC(C(=O)N1CCCCC1C)N2C(=O)c1ccc(F)cc1. The van der Waals surface area contributed by atoms with E-state index in [-0.39, 0.29) is 30.3 Å². The monoisotopic (exact) mass is 402 g/mol. The van der Waals surface area contributed by atoms with Gasteiger partial charge in [0.15, 0.2) is 0 Å². The van der Waals surface area contributed by atoms with Crippen molar-refractivity contribution in [3.8, 4) is 0 Å². The number of hydrogen-bond acceptors (Lipinski definition) is 3. The minimum atomic E-state index is -0.725. The smallest absolute Gasteiger partial charge is 0.256 e. The Labute approximate surface area is 172 Å². The summed E-state index contributed by atoms with van der Waals surface area (Å²) in [4.78, 5) is 30.7. The summed E-state index contributed by atoms with van der Waals surface area (Å²) in [7, 11) is 0. The third-order valence-electron chi connectivity index (χ3n) is 7.00. The molecular weight excluding hydrogens is 371 g/mol. The van der Waals surface area contributed by atoms with Crippen molar-refractivity contribution in [2.75, 3.05) is 13.2 Å². The third kappa shape index (κ3) is 3.79. The molecule has 1 aromatic rings. The molecule has 1 saturated carbocycles. The highest BCUT2D eigenvalue weighted by Gasteiger charge is 2.54. The summed E-state index contributed by atoms with van der Waals surface area (Å²) in [6, 6.07) is 5.16. The fraction of sp³-hybridized carbons (Fsp3) is 0.652. The largest absolute Gasteiger partial charge is 0.353 e. The van der Waals surface area contributed by atoms with Crippen molar-refractivity contribution in [2.24, 2.45) is 5.92 Å². The maximum Gasteiger partial charge on any atom is 0.256 e. The molecule has 2 saturated heterocycles. The minimum absolute atomic E-state index is 0.0110. The Kier molecular flexibility index (Phi) is 5.65. The summed E-state index contributed by atoms with van der Waals surface area (Å²) in [6.45, 7) is 5.27. The molecule has 1 spiro atoms. The summed E-state index contributed by atoms with van der Waals surface area (Å²) in [5.41, 5.74) is -0.323. The van der Waals surface area contributed by atoms with E-state index in [0.29, 0.717) is 11.5 Å². The molecule has 6 heteroatoms. The van der Waals surface area contributed by atoms with E-state index in [9.17, 15) is 14.0 Å². The molecular formula is C23H31FN2O3. The molecule has 0 N–H and O–H groups in total. The first-order valence-electron chi connectivity index (χ1n) is 10.9. The number of rotatable bonds is 2. The number of amides is 2. The Bertz CT molecular complexity index is 758. The van der Waals surface area contributed by atoms with E-state index in [2.05, 4.69) is 13.8 Å². The number of piperidine rings is 1. The van der Waals surface area contributed by atoms with Gasteiger partial charge in [-0.2, -0.15) is 0 Å². The Morgan fingerprint density at radius 2 is 1.76 bits per heavy atom. The van der Waals surface area contributed by atoms with Crippen LogP contribution in [0.15, 0.2) is 24.3 Å². The molecule has 5 nitrogen and oxygen atoms in total. The van der Waals surface area contributed by atoms with Crippen LogP contribution >= 0.6 is 0 Å². The molecule has 1 aliphatic carbocycles. The summed E-state index contributed by atoms with van der Waals surface area (Å²) < 4.78 is 19.7. The highest BCUT2D eigenvalue weighted by atomic mass is 19.1. The van der Waals surface area contributed by atoms with Gasteiger partial charge in [-0.05, 0) is 82.1 Å². The zero-order chi connectivity index (χ0) is 20.6. The number of benzene rings is 1. The van der Waals surface area contributed by atoms with E-state index in [1.165, 1.54) is 24.3 Å². The average molecular weight is 403 g/mol. The molecule has 4 rings (SSSR count). The molecule has 158 valence electrons. The van der Waals surface area contributed by atoms with Crippen LogP contribution < -0.4 is 0 Å². The summed E-state index contributed by atoms with van der Waals surface area (Å²) in [6.07, 6.45) is 6.53. The van der Waals surface area contributed by atoms with Crippen molar-refractivity contribution in [3.63, 3.8) is 0 Å². The van der Waals surface area contributed by atoms with Crippen molar-refractivity contribution >= 4 is 11.8 Å². The van der Waals surface area contributed by atoms with E-state index >= 15 is 0 Å². The maximum atomic E-state index is 13.5. The van der Waals surface area contributed by atoms with Crippen LogP contribution in [0.5, 0.6) is 0 Å². The lowest BCUT2D eigenvalue weighted by atomic mass is 9.83. The van der Waals surface area contributed by atoms with Gasteiger partial charge in [-0.15, -0.1) is 0 Å². The normalized spacial score (nSPS) is 32.6. The van der Waals surface area contributed by atoms with E-state index < -0.39 is 11.8 Å².